The Hall–Kier alpha value is -1.88. The zero-order valence-electron chi connectivity index (χ0n) is 16.7. The predicted molar refractivity (Wildman–Crippen MR) is 108 cm³/mol. The Bertz CT molecular complexity index is 665. The normalized spacial score (nSPS) is 21.2. The van der Waals surface area contributed by atoms with Gasteiger partial charge in [-0.1, -0.05) is 56.3 Å². The third kappa shape index (κ3) is 6.35. The zero-order chi connectivity index (χ0) is 19.1. The van der Waals surface area contributed by atoms with Gasteiger partial charge in [-0.15, -0.1) is 0 Å². The largest absolute Gasteiger partial charge is 0.491 e. The summed E-state index contributed by atoms with van der Waals surface area (Å²) in [4.78, 5) is 3.12. The standard InChI is InChI=1S/C23H32N2O2/c1-19(2)21-8-10-23(11-9-21)27-18-22(26)17-25-14-12-24(13-15-25)16-20-6-4-3-5-7-20/h3-11,19,22,26H,12-18H2,1-2H3/p+2. The minimum absolute atomic E-state index is 0.366. The van der Waals surface area contributed by atoms with Crippen molar-refractivity contribution < 1.29 is 19.6 Å². The summed E-state index contributed by atoms with van der Waals surface area (Å²) in [5.41, 5.74) is 2.72. The molecule has 4 nitrogen and oxygen atoms in total. The number of quaternary nitrogens is 2. The Balaban J connectivity index is 1.36. The SMILES string of the molecule is CC(C)c1ccc(OCC(O)C[NH+]2CC[NH+](Cc3ccccc3)CC2)cc1. The van der Waals surface area contributed by atoms with Crippen molar-refractivity contribution in [3.8, 4) is 5.75 Å². The van der Waals surface area contributed by atoms with E-state index in [0.717, 1.165) is 45.0 Å². The highest BCUT2D eigenvalue weighted by Crippen LogP contribution is 2.18. The monoisotopic (exact) mass is 370 g/mol. The Labute approximate surface area is 163 Å². The van der Waals surface area contributed by atoms with Crippen LogP contribution in [0, 0.1) is 0 Å². The van der Waals surface area contributed by atoms with E-state index >= 15 is 0 Å². The van der Waals surface area contributed by atoms with E-state index in [9.17, 15) is 5.11 Å². The molecule has 0 aliphatic carbocycles. The highest BCUT2D eigenvalue weighted by Gasteiger charge is 2.25. The first-order valence-electron chi connectivity index (χ1n) is 10.2. The Kier molecular flexibility index (Phi) is 7.27. The number of aliphatic hydroxyl groups is 1. The predicted octanol–water partition coefficient (Wildman–Crippen LogP) is 0.533. The van der Waals surface area contributed by atoms with Gasteiger partial charge in [0.15, 0.2) is 0 Å². The number of hydrogen-bond acceptors (Lipinski definition) is 2. The van der Waals surface area contributed by atoms with Crippen molar-refractivity contribution >= 4 is 0 Å². The Morgan fingerprint density at radius 1 is 0.889 bits per heavy atom. The van der Waals surface area contributed by atoms with Crippen LogP contribution in [0.1, 0.15) is 30.9 Å². The second-order valence-corrected chi connectivity index (χ2v) is 8.06. The molecule has 4 heteroatoms. The molecule has 3 N–H and O–H groups in total. The van der Waals surface area contributed by atoms with Gasteiger partial charge >= 0.3 is 0 Å². The molecule has 27 heavy (non-hydrogen) atoms. The van der Waals surface area contributed by atoms with Gasteiger partial charge < -0.3 is 19.6 Å². The van der Waals surface area contributed by atoms with Crippen LogP contribution in [0.3, 0.4) is 0 Å². The van der Waals surface area contributed by atoms with Crippen molar-refractivity contribution in [2.75, 3.05) is 39.3 Å². The van der Waals surface area contributed by atoms with Gasteiger partial charge in [-0.3, -0.25) is 0 Å². The Morgan fingerprint density at radius 2 is 1.52 bits per heavy atom. The summed E-state index contributed by atoms with van der Waals surface area (Å²) in [6.45, 7) is 11.2. The topological polar surface area (TPSA) is 38.3 Å². The molecule has 2 aromatic rings. The van der Waals surface area contributed by atoms with Crippen molar-refractivity contribution in [2.45, 2.75) is 32.4 Å². The first-order chi connectivity index (χ1) is 13.1. The van der Waals surface area contributed by atoms with Crippen molar-refractivity contribution in [3.05, 3.63) is 65.7 Å². The van der Waals surface area contributed by atoms with Crippen molar-refractivity contribution in [1.29, 1.82) is 0 Å². The molecule has 1 saturated heterocycles. The second-order valence-electron chi connectivity index (χ2n) is 8.06. The number of piperazine rings is 1. The molecule has 2 aromatic carbocycles. The Morgan fingerprint density at radius 3 is 2.15 bits per heavy atom. The fraction of sp³-hybridized carbons (Fsp3) is 0.478. The van der Waals surface area contributed by atoms with Crippen LogP contribution in [0.25, 0.3) is 0 Å². The molecule has 1 aliphatic rings. The summed E-state index contributed by atoms with van der Waals surface area (Å²) in [7, 11) is 0. The van der Waals surface area contributed by atoms with E-state index in [1.807, 2.05) is 12.1 Å². The van der Waals surface area contributed by atoms with E-state index in [-0.39, 0.29) is 0 Å². The molecular formula is C23H34N2O2+2. The lowest BCUT2D eigenvalue weighted by molar-refractivity contribution is -1.02. The van der Waals surface area contributed by atoms with Crippen LogP contribution in [0.5, 0.6) is 5.75 Å². The third-order valence-electron chi connectivity index (χ3n) is 5.47. The van der Waals surface area contributed by atoms with Crippen LogP contribution in [-0.4, -0.2) is 50.5 Å². The molecule has 0 amide bonds. The summed E-state index contributed by atoms with van der Waals surface area (Å²) in [6, 6.07) is 18.9. The average molecular weight is 371 g/mol. The molecule has 0 bridgehead atoms. The number of ether oxygens (including phenoxy) is 1. The molecule has 1 atom stereocenters. The van der Waals surface area contributed by atoms with Crippen LogP contribution < -0.4 is 14.5 Å². The maximum Gasteiger partial charge on any atom is 0.137 e. The highest BCUT2D eigenvalue weighted by molar-refractivity contribution is 5.28. The number of aliphatic hydroxyl groups excluding tert-OH is 1. The third-order valence-corrected chi connectivity index (χ3v) is 5.47. The minimum atomic E-state index is -0.416. The quantitative estimate of drug-likeness (QED) is 0.634. The van der Waals surface area contributed by atoms with Gasteiger partial charge in [0, 0.05) is 5.56 Å². The van der Waals surface area contributed by atoms with E-state index < -0.39 is 6.10 Å². The molecule has 0 aromatic heterocycles. The van der Waals surface area contributed by atoms with E-state index in [1.54, 1.807) is 4.90 Å². The lowest BCUT2D eigenvalue weighted by Crippen LogP contribution is -3.28. The fourth-order valence-corrected chi connectivity index (χ4v) is 3.76. The summed E-state index contributed by atoms with van der Waals surface area (Å²) < 4.78 is 5.78. The van der Waals surface area contributed by atoms with Gasteiger partial charge in [0.2, 0.25) is 0 Å². The number of benzene rings is 2. The molecule has 3 rings (SSSR count). The van der Waals surface area contributed by atoms with Gasteiger partial charge in [-0.05, 0) is 23.6 Å². The summed E-state index contributed by atoms with van der Waals surface area (Å²) in [6.07, 6.45) is -0.416. The van der Waals surface area contributed by atoms with Gasteiger partial charge in [-0.25, -0.2) is 0 Å². The summed E-state index contributed by atoms with van der Waals surface area (Å²) in [5, 5.41) is 10.4. The van der Waals surface area contributed by atoms with Gasteiger partial charge in [0.05, 0.1) is 0 Å². The highest BCUT2D eigenvalue weighted by atomic mass is 16.5. The van der Waals surface area contributed by atoms with Crippen molar-refractivity contribution in [1.82, 2.24) is 0 Å². The first kappa shape index (κ1) is 19.9. The minimum Gasteiger partial charge on any atom is -0.491 e. The van der Waals surface area contributed by atoms with Crippen molar-refractivity contribution in [3.63, 3.8) is 0 Å². The molecule has 0 radical (unpaired) electrons. The molecule has 1 aliphatic heterocycles. The first-order valence-corrected chi connectivity index (χ1v) is 10.2. The van der Waals surface area contributed by atoms with Crippen LogP contribution in [-0.2, 0) is 6.54 Å². The number of rotatable bonds is 8. The van der Waals surface area contributed by atoms with Gasteiger partial charge in [0.25, 0.3) is 0 Å². The molecule has 1 fully saturated rings. The lowest BCUT2D eigenvalue weighted by atomic mass is 10.0. The van der Waals surface area contributed by atoms with E-state index in [2.05, 4.69) is 56.3 Å². The molecule has 0 saturated carbocycles. The summed E-state index contributed by atoms with van der Waals surface area (Å²) in [5.74, 6) is 1.36. The maximum atomic E-state index is 10.4. The van der Waals surface area contributed by atoms with Gasteiger partial charge in [-0.2, -0.15) is 0 Å². The van der Waals surface area contributed by atoms with E-state index in [0.29, 0.717) is 12.5 Å². The van der Waals surface area contributed by atoms with Crippen LogP contribution in [0.2, 0.25) is 0 Å². The molecule has 0 spiro atoms. The van der Waals surface area contributed by atoms with Gasteiger partial charge in [0.1, 0.15) is 57.7 Å². The smallest absolute Gasteiger partial charge is 0.137 e. The average Bonchev–Trinajstić information content (AvgIpc) is 2.69. The fourth-order valence-electron chi connectivity index (χ4n) is 3.76. The molecule has 146 valence electrons. The second kappa shape index (κ2) is 9.88. The maximum absolute atomic E-state index is 10.4. The number of hydrogen-bond donors (Lipinski definition) is 3. The zero-order valence-corrected chi connectivity index (χ0v) is 16.7. The van der Waals surface area contributed by atoms with Crippen LogP contribution in [0.4, 0.5) is 0 Å². The molecule has 1 heterocycles. The lowest BCUT2D eigenvalue weighted by Gasteiger charge is -2.30. The molecule has 1 unspecified atom stereocenters. The van der Waals surface area contributed by atoms with Crippen LogP contribution >= 0.6 is 0 Å². The molecular weight excluding hydrogens is 336 g/mol. The number of nitrogens with one attached hydrogen (secondary N) is 2. The van der Waals surface area contributed by atoms with Crippen LogP contribution in [0.15, 0.2) is 54.6 Å². The van der Waals surface area contributed by atoms with Crippen molar-refractivity contribution in [2.24, 2.45) is 0 Å². The van der Waals surface area contributed by atoms with E-state index in [1.165, 1.54) is 16.0 Å². The summed E-state index contributed by atoms with van der Waals surface area (Å²) >= 11 is 0. The van der Waals surface area contributed by atoms with E-state index in [4.69, 9.17) is 4.74 Å².